The van der Waals surface area contributed by atoms with Crippen LogP contribution in [0, 0.1) is 0 Å². The maximum atomic E-state index is 6.39. The van der Waals surface area contributed by atoms with Gasteiger partial charge in [0.05, 0.1) is 66.7 Å². The van der Waals surface area contributed by atoms with Crippen molar-refractivity contribution in [3.8, 4) is 141 Å². The van der Waals surface area contributed by atoms with E-state index in [0.717, 1.165) is 117 Å². The van der Waals surface area contributed by atoms with Crippen molar-refractivity contribution in [1.82, 2.24) is 43.6 Å². The van der Waals surface area contributed by atoms with Gasteiger partial charge in [-0.05, 0) is 184 Å². The Hall–Kier alpha value is -17.9. The lowest BCUT2D eigenvalue weighted by Gasteiger charge is -2.15. The topological polar surface area (TPSA) is 105 Å². The average molecular weight is 1680 g/mol. The summed E-state index contributed by atoms with van der Waals surface area (Å²) in [5.74, 6) is 1.37. The van der Waals surface area contributed by atoms with E-state index < -0.39 is 0 Å². The lowest BCUT2D eigenvalue weighted by atomic mass is 9.93. The molecule has 0 N–H and O–H groups in total. The van der Waals surface area contributed by atoms with Gasteiger partial charge in [-0.25, -0.2) is 29.9 Å². The van der Waals surface area contributed by atoms with Gasteiger partial charge in [-0.1, -0.05) is 346 Å². The van der Waals surface area contributed by atoms with Crippen LogP contribution in [0.1, 0.15) is 0 Å². The quantitative estimate of drug-likeness (QED) is 0.149. The normalized spacial score (nSPS) is 12.1. The van der Waals surface area contributed by atoms with Gasteiger partial charge in [0.25, 0.3) is 0 Å². The largest absolute Gasteiger partial charge is 0.452 e. The molecule has 27 aromatic rings. The third kappa shape index (κ3) is 11.0. The summed E-state index contributed by atoms with van der Waals surface area (Å²) in [4.78, 5) is 31.2. The number of hydrogen-bond donors (Lipinski definition) is 0. The van der Waals surface area contributed by atoms with Crippen molar-refractivity contribution in [3.05, 3.63) is 431 Å². The monoisotopic (exact) mass is 1680 g/mol. The highest BCUT2D eigenvalue weighted by atomic mass is 16.3. The van der Waals surface area contributed by atoms with Crippen LogP contribution in [0.15, 0.2) is 435 Å². The van der Waals surface area contributed by atoms with Crippen LogP contribution in [0.5, 0.6) is 0 Å². The first-order valence-corrected chi connectivity index (χ1v) is 44.9. The summed E-state index contributed by atoms with van der Waals surface area (Å²) in [5.41, 5.74) is 38.1. The predicted octanol–water partition coefficient (Wildman–Crippen LogP) is 31.7. The summed E-state index contributed by atoms with van der Waals surface area (Å²) >= 11 is 0. The molecule has 0 spiro atoms. The van der Waals surface area contributed by atoms with Crippen molar-refractivity contribution in [2.45, 2.75) is 0 Å². The number of aromatic nitrogens is 9. The second-order valence-electron chi connectivity index (χ2n) is 34.5. The molecular weight excluding hydrogens is 1610 g/mol. The van der Waals surface area contributed by atoms with Gasteiger partial charge in [0.1, 0.15) is 16.8 Å². The van der Waals surface area contributed by atoms with Crippen molar-refractivity contribution in [1.29, 1.82) is 0 Å². The predicted molar refractivity (Wildman–Crippen MR) is 544 cm³/mol. The highest BCUT2D eigenvalue weighted by molar-refractivity contribution is 6.34. The molecule has 3 aliphatic carbocycles. The smallest absolute Gasteiger partial charge is 0.236 e. The van der Waals surface area contributed by atoms with Gasteiger partial charge in [-0.2, -0.15) is 0 Å². The number of para-hydroxylation sites is 1. The van der Waals surface area contributed by atoms with E-state index >= 15 is 0 Å². The van der Waals surface area contributed by atoms with E-state index in [0.29, 0.717) is 11.5 Å². The zero-order valence-electron chi connectivity index (χ0n) is 70.9. The molecule has 0 radical (unpaired) electrons. The van der Waals surface area contributed by atoms with E-state index in [-0.39, 0.29) is 0 Å². The SMILES string of the molecule is c1ccc(-c2nc(-c3ccccc3)c3cc(-n4c5cccc6c5c5c7c(cccc7ccc54)-c4ccccc4-6)ccc3n2)cc1.c1ccc(-c2nc(-n3c4cccc5c4c4c6c(cccc6ccc43)-c3ccccc3-5)nc3c2oc2ccccc23)cc1.c1ccc(-c2nc3ccc(-n4c5cccc6c5c5c7c(cccc7ccc54)-c4ccccc4-6)cc3nc2-c2ccccc2)cc1. The maximum Gasteiger partial charge on any atom is 0.236 e. The van der Waals surface area contributed by atoms with Crippen molar-refractivity contribution < 1.29 is 4.42 Å². The molecule has 7 aromatic heterocycles. The molecule has 0 amide bonds. The van der Waals surface area contributed by atoms with Crippen molar-refractivity contribution in [2.24, 2.45) is 0 Å². The molecular formula is C122H71N9O. The van der Waals surface area contributed by atoms with Gasteiger partial charge in [0.15, 0.2) is 11.4 Å². The number of hydrogen-bond acceptors (Lipinski definition) is 7. The molecule has 0 fully saturated rings. The fraction of sp³-hybridized carbons (Fsp3) is 0. The van der Waals surface area contributed by atoms with Gasteiger partial charge in [0.2, 0.25) is 5.95 Å². The molecule has 0 atom stereocenters. The minimum absolute atomic E-state index is 0.635. The van der Waals surface area contributed by atoms with E-state index in [4.69, 9.17) is 34.3 Å². The zero-order valence-corrected chi connectivity index (χ0v) is 70.9. The Morgan fingerprint density at radius 3 is 1.00 bits per heavy atom. The summed E-state index contributed by atoms with van der Waals surface area (Å²) in [6.45, 7) is 0. The standard InChI is InChI=1S/2C42H25N3.C38H21N3O/c1-3-11-27(12-4-1)41-34-25-29(22-23-35(34)43-42(44-41)28-13-5-2-6-14-28)45-36-20-10-19-33-31-17-8-7-16-30(31)32-18-9-15-26-21-24-37(45)40(38(26)32)39(33)36;1-3-11-27(12-4-1)41-42(28-13-5-2-6-14-28)44-35-25-29(22-23-34(35)43-41)45-36-20-10-19-33-31-17-8-7-16-30(31)32-18-9-15-26-21-24-37(45)40(38(26)32)39(33)36;1-2-10-23(11-3-1)35-37-36(28-15-6-7-19-31(28)42-37)40-38(39-35)41-29-18-9-17-27-25-14-5-4-13-24(25)26-16-8-12-22-20-21-30(41)34(32(22)26)33(27)29/h2*1-25H;1-21H. The molecule has 10 nitrogen and oxygen atoms in total. The minimum atomic E-state index is 0.635. The molecule has 30 rings (SSSR count). The van der Waals surface area contributed by atoms with Gasteiger partial charge in [-0.3, -0.25) is 4.57 Å². The molecule has 132 heavy (non-hydrogen) atoms. The Morgan fingerprint density at radius 1 is 0.189 bits per heavy atom. The molecule has 0 saturated carbocycles. The lowest BCUT2D eigenvalue weighted by molar-refractivity contribution is 0.666. The number of benzene rings is 20. The first-order valence-electron chi connectivity index (χ1n) is 44.9. The number of fused-ring (bicyclic) bond motifs is 14. The van der Waals surface area contributed by atoms with E-state index in [1.165, 1.54) is 153 Å². The van der Waals surface area contributed by atoms with Crippen LogP contribution in [-0.4, -0.2) is 43.6 Å². The van der Waals surface area contributed by atoms with E-state index in [9.17, 15) is 0 Å². The lowest BCUT2D eigenvalue weighted by Crippen LogP contribution is -2.03. The van der Waals surface area contributed by atoms with Gasteiger partial charge in [-0.15, -0.1) is 0 Å². The van der Waals surface area contributed by atoms with Crippen LogP contribution in [0.25, 0.3) is 282 Å². The molecule has 7 heterocycles. The van der Waals surface area contributed by atoms with E-state index in [1.54, 1.807) is 0 Å². The van der Waals surface area contributed by atoms with Gasteiger partial charge >= 0.3 is 0 Å². The fourth-order valence-corrected chi connectivity index (χ4v) is 21.8. The summed E-state index contributed by atoms with van der Waals surface area (Å²) in [6, 6.07) is 153. The first-order chi connectivity index (χ1) is 65.5. The molecule has 0 unspecified atom stereocenters. The number of furan rings is 1. The van der Waals surface area contributed by atoms with Crippen LogP contribution in [-0.2, 0) is 0 Å². The summed E-state index contributed by atoms with van der Waals surface area (Å²) in [5, 5.41) is 17.4. The summed E-state index contributed by atoms with van der Waals surface area (Å²) in [7, 11) is 0. The van der Waals surface area contributed by atoms with Crippen LogP contribution in [0.4, 0.5) is 0 Å². The van der Waals surface area contributed by atoms with Crippen LogP contribution in [0.2, 0.25) is 0 Å². The second kappa shape index (κ2) is 28.8. The Bertz CT molecular complexity index is 9590. The molecule has 3 aliphatic rings. The second-order valence-corrected chi connectivity index (χ2v) is 34.5. The summed E-state index contributed by atoms with van der Waals surface area (Å²) in [6.07, 6.45) is 0. The Morgan fingerprint density at radius 2 is 0.538 bits per heavy atom. The Labute approximate surface area is 755 Å². The van der Waals surface area contributed by atoms with Crippen molar-refractivity contribution in [2.75, 3.05) is 0 Å². The van der Waals surface area contributed by atoms with E-state index in [1.807, 2.05) is 72.8 Å². The van der Waals surface area contributed by atoms with Gasteiger partial charge < -0.3 is 13.6 Å². The highest BCUT2D eigenvalue weighted by Crippen LogP contribution is 2.55. The zero-order chi connectivity index (χ0) is 86.3. The Kier molecular flexibility index (Phi) is 16.0. The molecule has 10 heteroatoms. The summed E-state index contributed by atoms with van der Waals surface area (Å²) < 4.78 is 13.5. The van der Waals surface area contributed by atoms with Crippen LogP contribution >= 0.6 is 0 Å². The fourth-order valence-electron chi connectivity index (χ4n) is 21.8. The Balaban J connectivity index is 0.0000000991. The van der Waals surface area contributed by atoms with E-state index in [2.05, 4.69) is 372 Å². The maximum absolute atomic E-state index is 6.39. The number of nitrogens with zero attached hydrogens (tertiary/aromatic N) is 9. The van der Waals surface area contributed by atoms with Gasteiger partial charge in [0, 0.05) is 82.3 Å². The third-order valence-corrected chi connectivity index (χ3v) is 27.4. The average Bonchev–Trinajstić information content (AvgIpc) is 1.54. The van der Waals surface area contributed by atoms with Crippen LogP contribution in [0.3, 0.4) is 0 Å². The molecule has 20 aromatic carbocycles. The third-order valence-electron chi connectivity index (χ3n) is 27.4. The van der Waals surface area contributed by atoms with Crippen molar-refractivity contribution in [3.63, 3.8) is 0 Å². The van der Waals surface area contributed by atoms with Crippen molar-refractivity contribution >= 4 is 142 Å². The molecule has 0 bridgehead atoms. The molecule has 610 valence electrons. The van der Waals surface area contributed by atoms with Crippen LogP contribution < -0.4 is 0 Å². The number of rotatable bonds is 8. The molecule has 0 saturated heterocycles. The highest BCUT2D eigenvalue weighted by Gasteiger charge is 2.31. The minimum Gasteiger partial charge on any atom is -0.452 e. The molecule has 0 aliphatic heterocycles. The first kappa shape index (κ1) is 73.3.